The standard InChI is InChI=1S/C19H20ClN3O2/c1-13-7-10-23(11-8-13)19(25)17-12-14(6-9-21-17)18(24)22-16-4-2-15(20)3-5-16/h2-6,9,12-13H,7-8,10-11H2,1H3,(H,22,24). The van der Waals surface area contributed by atoms with E-state index in [1.54, 1.807) is 36.4 Å². The van der Waals surface area contributed by atoms with Crippen LogP contribution < -0.4 is 5.32 Å². The van der Waals surface area contributed by atoms with Crippen LogP contribution in [0.2, 0.25) is 5.02 Å². The van der Waals surface area contributed by atoms with E-state index in [0.717, 1.165) is 25.9 Å². The third kappa shape index (κ3) is 4.37. The van der Waals surface area contributed by atoms with Crippen molar-refractivity contribution in [1.82, 2.24) is 9.88 Å². The number of carbonyl (C=O) groups excluding carboxylic acids is 2. The van der Waals surface area contributed by atoms with E-state index in [9.17, 15) is 9.59 Å². The molecule has 6 heteroatoms. The summed E-state index contributed by atoms with van der Waals surface area (Å²) in [5, 5.41) is 3.39. The predicted octanol–water partition coefficient (Wildman–Crippen LogP) is 3.86. The predicted molar refractivity (Wildman–Crippen MR) is 97.9 cm³/mol. The molecule has 5 nitrogen and oxygen atoms in total. The number of benzene rings is 1. The largest absolute Gasteiger partial charge is 0.337 e. The molecule has 1 aromatic heterocycles. The van der Waals surface area contributed by atoms with E-state index in [2.05, 4.69) is 17.2 Å². The second-order valence-electron chi connectivity index (χ2n) is 6.37. The zero-order valence-corrected chi connectivity index (χ0v) is 14.8. The van der Waals surface area contributed by atoms with Crippen LogP contribution in [0.1, 0.15) is 40.6 Å². The molecule has 0 bridgehead atoms. The second kappa shape index (κ2) is 7.66. The molecule has 1 N–H and O–H groups in total. The summed E-state index contributed by atoms with van der Waals surface area (Å²) in [7, 11) is 0. The van der Waals surface area contributed by atoms with Crippen molar-refractivity contribution in [2.75, 3.05) is 18.4 Å². The molecule has 1 aliphatic heterocycles. The number of pyridine rings is 1. The molecule has 0 atom stereocenters. The maximum absolute atomic E-state index is 12.6. The van der Waals surface area contributed by atoms with Crippen molar-refractivity contribution in [3.8, 4) is 0 Å². The normalized spacial score (nSPS) is 15.0. The van der Waals surface area contributed by atoms with Gasteiger partial charge in [0.05, 0.1) is 0 Å². The summed E-state index contributed by atoms with van der Waals surface area (Å²) in [4.78, 5) is 30.9. The summed E-state index contributed by atoms with van der Waals surface area (Å²) in [5.41, 5.74) is 1.35. The molecule has 0 aliphatic carbocycles. The van der Waals surface area contributed by atoms with Crippen molar-refractivity contribution in [3.05, 3.63) is 58.9 Å². The van der Waals surface area contributed by atoms with E-state index in [1.807, 2.05) is 4.90 Å². The minimum absolute atomic E-state index is 0.118. The summed E-state index contributed by atoms with van der Waals surface area (Å²) in [5.74, 6) is 0.243. The van der Waals surface area contributed by atoms with Gasteiger partial charge >= 0.3 is 0 Å². The molecule has 1 aliphatic rings. The molecule has 130 valence electrons. The number of amides is 2. The Kier molecular flexibility index (Phi) is 5.34. The van der Waals surface area contributed by atoms with Crippen LogP contribution in [0.4, 0.5) is 5.69 Å². The van der Waals surface area contributed by atoms with Crippen molar-refractivity contribution in [3.63, 3.8) is 0 Å². The van der Waals surface area contributed by atoms with E-state index in [0.29, 0.717) is 27.9 Å². The van der Waals surface area contributed by atoms with E-state index in [1.165, 1.54) is 6.20 Å². The van der Waals surface area contributed by atoms with Crippen molar-refractivity contribution in [1.29, 1.82) is 0 Å². The van der Waals surface area contributed by atoms with Crippen LogP contribution in [0.25, 0.3) is 0 Å². The molecule has 25 heavy (non-hydrogen) atoms. The minimum Gasteiger partial charge on any atom is -0.337 e. The van der Waals surface area contributed by atoms with Gasteiger partial charge in [0.2, 0.25) is 0 Å². The number of carbonyl (C=O) groups is 2. The zero-order valence-electron chi connectivity index (χ0n) is 14.0. The number of anilines is 1. The van der Waals surface area contributed by atoms with Crippen LogP contribution >= 0.6 is 11.6 Å². The van der Waals surface area contributed by atoms with Gasteiger partial charge < -0.3 is 10.2 Å². The molecular formula is C19H20ClN3O2. The van der Waals surface area contributed by atoms with E-state index < -0.39 is 0 Å². The lowest BCUT2D eigenvalue weighted by molar-refractivity contribution is 0.0691. The summed E-state index contributed by atoms with van der Waals surface area (Å²) >= 11 is 5.84. The lowest BCUT2D eigenvalue weighted by atomic mass is 9.99. The van der Waals surface area contributed by atoms with Crippen LogP contribution in [0.15, 0.2) is 42.6 Å². The van der Waals surface area contributed by atoms with Gasteiger partial charge in [-0.3, -0.25) is 14.6 Å². The van der Waals surface area contributed by atoms with Gasteiger partial charge in [0.25, 0.3) is 11.8 Å². The van der Waals surface area contributed by atoms with Crippen LogP contribution in [-0.2, 0) is 0 Å². The van der Waals surface area contributed by atoms with Gasteiger partial charge in [0.15, 0.2) is 0 Å². The molecular weight excluding hydrogens is 338 g/mol. The highest BCUT2D eigenvalue weighted by molar-refractivity contribution is 6.30. The molecule has 0 spiro atoms. The van der Waals surface area contributed by atoms with Gasteiger partial charge in [-0.05, 0) is 55.2 Å². The SMILES string of the molecule is CC1CCN(C(=O)c2cc(C(=O)Nc3ccc(Cl)cc3)ccn2)CC1. The van der Waals surface area contributed by atoms with E-state index >= 15 is 0 Å². The van der Waals surface area contributed by atoms with Crippen LogP contribution in [0, 0.1) is 5.92 Å². The first-order chi connectivity index (χ1) is 12.0. The highest BCUT2D eigenvalue weighted by Gasteiger charge is 2.23. The molecule has 1 aromatic carbocycles. The number of nitrogens with zero attached hydrogens (tertiary/aromatic N) is 2. The van der Waals surface area contributed by atoms with Gasteiger partial charge in [0.1, 0.15) is 5.69 Å². The summed E-state index contributed by atoms with van der Waals surface area (Å²) in [6.07, 6.45) is 3.50. The fourth-order valence-electron chi connectivity index (χ4n) is 2.80. The smallest absolute Gasteiger partial charge is 0.272 e. The second-order valence-corrected chi connectivity index (χ2v) is 6.80. The summed E-state index contributed by atoms with van der Waals surface area (Å²) in [6, 6.07) is 10.0. The molecule has 2 aromatic rings. The number of hydrogen-bond donors (Lipinski definition) is 1. The van der Waals surface area contributed by atoms with Crippen LogP contribution in [0.5, 0.6) is 0 Å². The molecule has 3 rings (SSSR count). The highest BCUT2D eigenvalue weighted by atomic mass is 35.5. The van der Waals surface area contributed by atoms with Crippen molar-refractivity contribution >= 4 is 29.1 Å². The number of hydrogen-bond acceptors (Lipinski definition) is 3. The third-order valence-electron chi connectivity index (χ3n) is 4.41. The fraction of sp³-hybridized carbons (Fsp3) is 0.316. The third-order valence-corrected chi connectivity index (χ3v) is 4.67. The highest BCUT2D eigenvalue weighted by Crippen LogP contribution is 2.18. The Labute approximate surface area is 152 Å². The summed E-state index contributed by atoms with van der Waals surface area (Å²) < 4.78 is 0. The Morgan fingerprint density at radius 2 is 1.84 bits per heavy atom. The Balaban J connectivity index is 1.71. The van der Waals surface area contributed by atoms with Gasteiger partial charge in [0, 0.05) is 35.6 Å². The van der Waals surface area contributed by atoms with Gasteiger partial charge in [-0.1, -0.05) is 18.5 Å². The lowest BCUT2D eigenvalue weighted by Crippen LogP contribution is -2.38. The van der Waals surface area contributed by atoms with Crippen molar-refractivity contribution in [2.24, 2.45) is 5.92 Å². The van der Waals surface area contributed by atoms with Gasteiger partial charge in [-0.2, -0.15) is 0 Å². The molecule has 0 saturated carbocycles. The number of nitrogens with one attached hydrogen (secondary N) is 1. The average molecular weight is 358 g/mol. The first-order valence-electron chi connectivity index (χ1n) is 8.35. The Morgan fingerprint density at radius 3 is 2.52 bits per heavy atom. The number of rotatable bonds is 3. The monoisotopic (exact) mass is 357 g/mol. The number of aromatic nitrogens is 1. The average Bonchev–Trinajstić information content (AvgIpc) is 2.64. The number of halogens is 1. The fourth-order valence-corrected chi connectivity index (χ4v) is 2.92. The number of piperidine rings is 1. The summed E-state index contributed by atoms with van der Waals surface area (Å²) in [6.45, 7) is 3.67. The molecule has 2 amide bonds. The Morgan fingerprint density at radius 1 is 1.16 bits per heavy atom. The molecule has 0 unspecified atom stereocenters. The number of likely N-dealkylation sites (tertiary alicyclic amines) is 1. The first-order valence-corrected chi connectivity index (χ1v) is 8.73. The zero-order chi connectivity index (χ0) is 17.8. The molecule has 0 radical (unpaired) electrons. The molecule has 1 fully saturated rings. The Bertz CT molecular complexity index is 768. The quantitative estimate of drug-likeness (QED) is 0.907. The Hall–Kier alpha value is -2.40. The van der Waals surface area contributed by atoms with E-state index in [4.69, 9.17) is 11.6 Å². The van der Waals surface area contributed by atoms with E-state index in [-0.39, 0.29) is 11.8 Å². The minimum atomic E-state index is -0.286. The maximum atomic E-state index is 12.6. The van der Waals surface area contributed by atoms with Gasteiger partial charge in [-0.25, -0.2) is 0 Å². The van der Waals surface area contributed by atoms with Crippen molar-refractivity contribution < 1.29 is 9.59 Å². The van der Waals surface area contributed by atoms with Crippen LogP contribution in [0.3, 0.4) is 0 Å². The maximum Gasteiger partial charge on any atom is 0.272 e. The van der Waals surface area contributed by atoms with Gasteiger partial charge in [-0.15, -0.1) is 0 Å². The topological polar surface area (TPSA) is 62.3 Å². The molecule has 2 heterocycles. The molecule has 1 saturated heterocycles. The van der Waals surface area contributed by atoms with Crippen molar-refractivity contribution in [2.45, 2.75) is 19.8 Å². The van der Waals surface area contributed by atoms with Crippen LogP contribution in [-0.4, -0.2) is 34.8 Å². The first kappa shape index (κ1) is 17.4. The lowest BCUT2D eigenvalue weighted by Gasteiger charge is -2.30.